The minimum atomic E-state index is 0.0794. The molecule has 144 valence electrons. The number of benzene rings is 1. The summed E-state index contributed by atoms with van der Waals surface area (Å²) in [5.41, 5.74) is 3.19. The summed E-state index contributed by atoms with van der Waals surface area (Å²) in [6.07, 6.45) is 1.67. The Bertz CT molecular complexity index is 1130. The summed E-state index contributed by atoms with van der Waals surface area (Å²) in [7, 11) is 0. The summed E-state index contributed by atoms with van der Waals surface area (Å²) in [4.78, 5) is 12.0. The van der Waals surface area contributed by atoms with E-state index < -0.39 is 0 Å². The third-order valence-corrected chi connectivity index (χ3v) is 6.35. The lowest BCUT2D eigenvalue weighted by atomic mass is 10.1. The molecule has 4 rings (SSSR count). The van der Waals surface area contributed by atoms with Crippen molar-refractivity contribution in [3.05, 3.63) is 74.7 Å². The molecule has 3 aromatic heterocycles. The Hall–Kier alpha value is -2.58. The molecule has 3 heterocycles. The van der Waals surface area contributed by atoms with Crippen molar-refractivity contribution in [1.82, 2.24) is 19.3 Å². The fraction of sp³-hybridized carbons (Fsp3) is 0.250. The summed E-state index contributed by atoms with van der Waals surface area (Å²) < 4.78 is 9.43. The Labute approximate surface area is 170 Å². The minimum Gasteiger partial charge on any atom is -0.467 e. The molecule has 0 atom stereocenters. The average molecular weight is 413 g/mol. The van der Waals surface area contributed by atoms with E-state index in [9.17, 15) is 4.79 Å². The molecule has 0 radical (unpaired) electrons. The molecule has 0 aliphatic rings. The van der Waals surface area contributed by atoms with Crippen LogP contribution in [0.2, 0.25) is 0 Å². The second-order valence-electron chi connectivity index (χ2n) is 6.43. The molecule has 8 heteroatoms. The highest BCUT2D eigenvalue weighted by molar-refractivity contribution is 7.99. The van der Waals surface area contributed by atoms with Gasteiger partial charge in [0.2, 0.25) is 0 Å². The zero-order valence-electron chi connectivity index (χ0n) is 15.7. The van der Waals surface area contributed by atoms with E-state index in [1.165, 1.54) is 11.3 Å². The molecule has 1 aromatic carbocycles. The standard InChI is InChI=1S/C20H20N4O2S2/c1-14-6-3-4-8-17(14)18-21-22-19(24(18)12-16-7-5-10-26-16)27-11-9-23-15(2)13-28-20(23)25/h3-8,10,13H,9,11-12H2,1-2H3. The Morgan fingerprint density at radius 2 is 1.96 bits per heavy atom. The largest absolute Gasteiger partial charge is 0.467 e. The normalized spacial score (nSPS) is 11.2. The smallest absolute Gasteiger partial charge is 0.307 e. The molecule has 0 saturated carbocycles. The second-order valence-corrected chi connectivity index (χ2v) is 8.31. The molecule has 0 saturated heterocycles. The number of hydrogen-bond donors (Lipinski definition) is 0. The number of hydrogen-bond acceptors (Lipinski definition) is 6. The average Bonchev–Trinajstić information content (AvgIpc) is 3.41. The quantitative estimate of drug-likeness (QED) is 0.425. The lowest BCUT2D eigenvalue weighted by Crippen LogP contribution is -2.16. The number of rotatable bonds is 7. The van der Waals surface area contributed by atoms with E-state index >= 15 is 0 Å². The monoisotopic (exact) mass is 412 g/mol. The predicted octanol–water partition coefficient (Wildman–Crippen LogP) is 4.22. The highest BCUT2D eigenvalue weighted by atomic mass is 32.2. The molecular weight excluding hydrogens is 392 g/mol. The van der Waals surface area contributed by atoms with Crippen molar-refractivity contribution in [2.45, 2.75) is 32.1 Å². The van der Waals surface area contributed by atoms with E-state index in [2.05, 4.69) is 33.8 Å². The van der Waals surface area contributed by atoms with Gasteiger partial charge in [-0.15, -0.1) is 10.2 Å². The highest BCUT2D eigenvalue weighted by Gasteiger charge is 2.17. The van der Waals surface area contributed by atoms with Crippen molar-refractivity contribution in [2.75, 3.05) is 5.75 Å². The van der Waals surface area contributed by atoms with Crippen molar-refractivity contribution >= 4 is 23.1 Å². The van der Waals surface area contributed by atoms with Crippen LogP contribution in [0.15, 0.2) is 62.4 Å². The molecule has 4 aromatic rings. The molecular formula is C20H20N4O2S2. The van der Waals surface area contributed by atoms with Crippen LogP contribution in [-0.2, 0) is 13.1 Å². The van der Waals surface area contributed by atoms with Gasteiger partial charge in [-0.2, -0.15) is 0 Å². The van der Waals surface area contributed by atoms with Gasteiger partial charge in [-0.05, 0) is 31.5 Å². The maximum absolute atomic E-state index is 11.9. The third kappa shape index (κ3) is 3.83. The molecule has 28 heavy (non-hydrogen) atoms. The van der Waals surface area contributed by atoms with Gasteiger partial charge in [0, 0.05) is 28.9 Å². The Balaban J connectivity index is 1.61. The van der Waals surface area contributed by atoms with E-state index in [0.29, 0.717) is 13.1 Å². The number of nitrogens with zero attached hydrogens (tertiary/aromatic N) is 4. The highest BCUT2D eigenvalue weighted by Crippen LogP contribution is 2.27. The first-order valence-corrected chi connectivity index (χ1v) is 10.8. The van der Waals surface area contributed by atoms with Gasteiger partial charge >= 0.3 is 4.87 Å². The number of thiazole rings is 1. The molecule has 0 amide bonds. The van der Waals surface area contributed by atoms with Crippen LogP contribution >= 0.6 is 23.1 Å². The zero-order valence-corrected chi connectivity index (χ0v) is 17.3. The van der Waals surface area contributed by atoms with Crippen molar-refractivity contribution in [3.63, 3.8) is 0 Å². The van der Waals surface area contributed by atoms with Gasteiger partial charge in [-0.1, -0.05) is 47.4 Å². The van der Waals surface area contributed by atoms with Crippen LogP contribution in [0.5, 0.6) is 0 Å². The van der Waals surface area contributed by atoms with Crippen molar-refractivity contribution in [3.8, 4) is 11.4 Å². The predicted molar refractivity (Wildman–Crippen MR) is 112 cm³/mol. The maximum atomic E-state index is 11.9. The van der Waals surface area contributed by atoms with Gasteiger partial charge in [0.15, 0.2) is 11.0 Å². The van der Waals surface area contributed by atoms with Crippen LogP contribution in [0, 0.1) is 13.8 Å². The van der Waals surface area contributed by atoms with E-state index in [1.807, 2.05) is 36.6 Å². The van der Waals surface area contributed by atoms with E-state index in [4.69, 9.17) is 4.42 Å². The molecule has 0 bridgehead atoms. The first-order valence-electron chi connectivity index (χ1n) is 8.93. The van der Waals surface area contributed by atoms with Gasteiger partial charge in [-0.3, -0.25) is 9.36 Å². The summed E-state index contributed by atoms with van der Waals surface area (Å²) >= 11 is 2.84. The Morgan fingerprint density at radius 1 is 1.11 bits per heavy atom. The Kier molecular flexibility index (Phi) is 5.50. The van der Waals surface area contributed by atoms with Gasteiger partial charge < -0.3 is 8.98 Å². The van der Waals surface area contributed by atoms with Gasteiger partial charge in [0.05, 0.1) is 12.8 Å². The van der Waals surface area contributed by atoms with Gasteiger partial charge in [-0.25, -0.2) is 0 Å². The van der Waals surface area contributed by atoms with Crippen LogP contribution in [0.3, 0.4) is 0 Å². The second kappa shape index (κ2) is 8.20. The van der Waals surface area contributed by atoms with Crippen molar-refractivity contribution in [2.24, 2.45) is 0 Å². The van der Waals surface area contributed by atoms with Crippen LogP contribution in [0.1, 0.15) is 17.0 Å². The number of aromatic nitrogens is 4. The molecule has 0 aliphatic carbocycles. The number of aryl methyl sites for hydroxylation is 2. The lowest BCUT2D eigenvalue weighted by Gasteiger charge is -2.10. The van der Waals surface area contributed by atoms with Crippen molar-refractivity contribution < 1.29 is 4.42 Å². The van der Waals surface area contributed by atoms with E-state index in [0.717, 1.165) is 39.3 Å². The first kappa shape index (κ1) is 18.8. The zero-order chi connectivity index (χ0) is 19.5. The number of furan rings is 1. The fourth-order valence-electron chi connectivity index (χ4n) is 3.02. The van der Waals surface area contributed by atoms with Crippen LogP contribution in [-0.4, -0.2) is 25.1 Å². The van der Waals surface area contributed by atoms with Crippen LogP contribution < -0.4 is 4.87 Å². The molecule has 6 nitrogen and oxygen atoms in total. The molecule has 0 fully saturated rings. The Morgan fingerprint density at radius 3 is 2.68 bits per heavy atom. The molecule has 0 aliphatic heterocycles. The minimum absolute atomic E-state index is 0.0794. The first-order chi connectivity index (χ1) is 13.6. The van der Waals surface area contributed by atoms with Crippen LogP contribution in [0.25, 0.3) is 11.4 Å². The van der Waals surface area contributed by atoms with E-state index in [-0.39, 0.29) is 4.87 Å². The summed E-state index contributed by atoms with van der Waals surface area (Å²) in [6.45, 7) is 5.23. The van der Waals surface area contributed by atoms with Crippen LogP contribution in [0.4, 0.5) is 0 Å². The maximum Gasteiger partial charge on any atom is 0.307 e. The summed E-state index contributed by atoms with van der Waals surface area (Å²) in [5, 5.41) is 11.6. The lowest BCUT2D eigenvalue weighted by molar-refractivity contribution is 0.485. The molecule has 0 spiro atoms. The van der Waals surface area contributed by atoms with Gasteiger partial charge in [0.1, 0.15) is 5.76 Å². The fourth-order valence-corrected chi connectivity index (χ4v) is 4.65. The topological polar surface area (TPSA) is 65.8 Å². The van der Waals surface area contributed by atoms with Crippen molar-refractivity contribution in [1.29, 1.82) is 0 Å². The molecule has 0 N–H and O–H groups in total. The summed E-state index contributed by atoms with van der Waals surface area (Å²) in [6, 6.07) is 12.0. The SMILES string of the molecule is Cc1ccccc1-c1nnc(SCCn2c(C)csc2=O)n1Cc1ccco1. The number of thioether (sulfide) groups is 1. The summed E-state index contributed by atoms with van der Waals surface area (Å²) in [5.74, 6) is 2.41. The van der Waals surface area contributed by atoms with E-state index in [1.54, 1.807) is 22.6 Å². The third-order valence-electron chi connectivity index (χ3n) is 4.52. The molecule has 0 unspecified atom stereocenters. The van der Waals surface area contributed by atoms with Gasteiger partial charge in [0.25, 0.3) is 0 Å².